The van der Waals surface area contributed by atoms with Crippen molar-refractivity contribution in [1.29, 1.82) is 0 Å². The van der Waals surface area contributed by atoms with Crippen molar-refractivity contribution in [1.82, 2.24) is 9.47 Å². The second kappa shape index (κ2) is 8.10. The number of aliphatic hydroxyl groups excluding tert-OH is 2. The number of nitrogens with zero attached hydrogens (tertiary/aromatic N) is 2. The number of fused-ring (bicyclic) bond motifs is 2. The highest BCUT2D eigenvalue weighted by Crippen LogP contribution is 2.45. The van der Waals surface area contributed by atoms with Gasteiger partial charge in [-0.15, -0.1) is 0 Å². The lowest BCUT2D eigenvalue weighted by molar-refractivity contribution is -0.0588. The van der Waals surface area contributed by atoms with E-state index in [9.17, 15) is 10.2 Å². The first kappa shape index (κ1) is 21.3. The van der Waals surface area contributed by atoms with Crippen molar-refractivity contribution in [2.75, 3.05) is 26.7 Å². The number of benzene rings is 2. The van der Waals surface area contributed by atoms with Crippen LogP contribution in [-0.4, -0.2) is 52.0 Å². The van der Waals surface area contributed by atoms with E-state index in [0.717, 1.165) is 65.2 Å². The van der Waals surface area contributed by atoms with E-state index in [0.29, 0.717) is 13.0 Å². The highest BCUT2D eigenvalue weighted by atomic mass is 16.5. The molecule has 2 aliphatic rings. The van der Waals surface area contributed by atoms with Crippen molar-refractivity contribution >= 4 is 10.9 Å². The monoisotopic (exact) mass is 436 g/mol. The van der Waals surface area contributed by atoms with Crippen LogP contribution in [0.3, 0.4) is 0 Å². The molecule has 0 amide bonds. The quantitative estimate of drug-likeness (QED) is 0.650. The van der Waals surface area contributed by atoms with Gasteiger partial charge in [0.15, 0.2) is 0 Å². The van der Waals surface area contributed by atoms with E-state index in [-0.39, 0.29) is 5.60 Å². The van der Waals surface area contributed by atoms with Crippen LogP contribution < -0.4 is 9.47 Å². The van der Waals surface area contributed by atoms with Crippen LogP contribution in [0.25, 0.3) is 10.9 Å². The number of aliphatic hydroxyl groups is 2. The molecular weight excluding hydrogens is 404 g/mol. The van der Waals surface area contributed by atoms with Gasteiger partial charge in [0.1, 0.15) is 17.1 Å². The van der Waals surface area contributed by atoms with Gasteiger partial charge in [-0.1, -0.05) is 18.2 Å². The maximum Gasteiger partial charge on any atom is 0.129 e. The fourth-order valence-electron chi connectivity index (χ4n) is 5.50. The first-order chi connectivity index (χ1) is 15.4. The number of likely N-dealkylation sites (tertiary alicyclic amines) is 1. The molecule has 0 unspecified atom stereocenters. The number of hydrogen-bond donors (Lipinski definition) is 2. The maximum absolute atomic E-state index is 11.2. The van der Waals surface area contributed by atoms with Gasteiger partial charge in [-0.3, -0.25) is 0 Å². The van der Waals surface area contributed by atoms with Crippen LogP contribution in [-0.2, 0) is 7.05 Å². The minimum atomic E-state index is -0.544. The normalized spacial score (nSPS) is 21.3. The smallest absolute Gasteiger partial charge is 0.129 e. The van der Waals surface area contributed by atoms with Gasteiger partial charge in [0.05, 0.1) is 19.3 Å². The number of piperidine rings is 1. The number of para-hydroxylation sites is 1. The summed E-state index contributed by atoms with van der Waals surface area (Å²) in [7, 11) is 3.69. The molecule has 0 aliphatic carbocycles. The summed E-state index contributed by atoms with van der Waals surface area (Å²) in [5, 5.41) is 23.0. The van der Waals surface area contributed by atoms with Crippen molar-refractivity contribution in [2.24, 2.45) is 7.05 Å². The standard InChI is InChI=1S/C26H32N2O4/c1-17-25(19-6-4-5-7-21(19)27(17)2)23(30)16-28-12-10-26(11-13-28)15-22(29)20-9-8-18(31-3)14-24(20)32-26/h4-9,14,22-23,29-30H,10-13,15-16H2,1-3H3/t22-,23-/m1/s1. The Morgan fingerprint density at radius 1 is 1.19 bits per heavy atom. The third kappa shape index (κ3) is 3.56. The Bertz CT molecular complexity index is 1130. The Morgan fingerprint density at radius 3 is 2.69 bits per heavy atom. The average molecular weight is 437 g/mol. The highest BCUT2D eigenvalue weighted by Gasteiger charge is 2.43. The molecule has 1 fully saturated rings. The molecule has 2 aliphatic heterocycles. The number of ether oxygens (including phenoxy) is 2. The minimum Gasteiger partial charge on any atom is -0.497 e. The molecule has 0 radical (unpaired) electrons. The molecule has 2 N–H and O–H groups in total. The number of hydrogen-bond acceptors (Lipinski definition) is 5. The zero-order valence-corrected chi connectivity index (χ0v) is 19.0. The molecule has 32 heavy (non-hydrogen) atoms. The minimum absolute atomic E-state index is 0.365. The van der Waals surface area contributed by atoms with Crippen molar-refractivity contribution < 1.29 is 19.7 Å². The van der Waals surface area contributed by atoms with Crippen LogP contribution in [0.2, 0.25) is 0 Å². The van der Waals surface area contributed by atoms with E-state index in [2.05, 4.69) is 35.6 Å². The van der Waals surface area contributed by atoms with Crippen molar-refractivity contribution in [3.63, 3.8) is 0 Å². The van der Waals surface area contributed by atoms with Crippen LogP contribution in [0.4, 0.5) is 0 Å². The van der Waals surface area contributed by atoms with Gasteiger partial charge in [0, 0.05) is 66.9 Å². The van der Waals surface area contributed by atoms with E-state index in [1.165, 1.54) is 0 Å². The summed E-state index contributed by atoms with van der Waals surface area (Å²) < 4.78 is 14.0. The van der Waals surface area contributed by atoms with Gasteiger partial charge in [-0.2, -0.15) is 0 Å². The van der Waals surface area contributed by atoms with Crippen molar-refractivity contribution in [2.45, 2.75) is 44.0 Å². The first-order valence-corrected chi connectivity index (χ1v) is 11.4. The number of aryl methyl sites for hydroxylation is 1. The third-order valence-corrected chi connectivity index (χ3v) is 7.45. The zero-order valence-electron chi connectivity index (χ0n) is 19.0. The van der Waals surface area contributed by atoms with Crippen molar-refractivity contribution in [3.8, 4) is 11.5 Å². The second-order valence-electron chi connectivity index (χ2n) is 9.30. The molecule has 1 aromatic heterocycles. The fourth-order valence-corrected chi connectivity index (χ4v) is 5.50. The molecule has 1 saturated heterocycles. The number of rotatable bonds is 4. The van der Waals surface area contributed by atoms with Gasteiger partial charge in [-0.05, 0) is 38.0 Å². The summed E-state index contributed by atoms with van der Waals surface area (Å²) in [5.74, 6) is 1.46. The Morgan fingerprint density at radius 2 is 1.94 bits per heavy atom. The summed E-state index contributed by atoms with van der Waals surface area (Å²) in [5.41, 5.74) is 3.75. The molecule has 3 aromatic rings. The van der Waals surface area contributed by atoms with Gasteiger partial charge < -0.3 is 29.2 Å². The number of β-amino-alcohol motifs (C(OH)–C–C–N with tert-alkyl or cyclic N) is 1. The molecule has 2 aromatic carbocycles. The lowest BCUT2D eigenvalue weighted by Crippen LogP contribution is -2.51. The van der Waals surface area contributed by atoms with Crippen LogP contribution >= 0.6 is 0 Å². The number of methoxy groups -OCH3 is 1. The lowest BCUT2D eigenvalue weighted by atomic mass is 9.81. The SMILES string of the molecule is COc1ccc2c(c1)OC1(CCN(C[C@@H](O)c3c(C)n(C)c4ccccc34)CC1)C[C@H]2O. The number of aromatic nitrogens is 1. The second-order valence-corrected chi connectivity index (χ2v) is 9.30. The van der Waals surface area contributed by atoms with Gasteiger partial charge in [0.25, 0.3) is 0 Å². The van der Waals surface area contributed by atoms with E-state index in [4.69, 9.17) is 9.47 Å². The summed E-state index contributed by atoms with van der Waals surface area (Å²) >= 11 is 0. The largest absolute Gasteiger partial charge is 0.497 e. The highest BCUT2D eigenvalue weighted by molar-refractivity contribution is 5.85. The van der Waals surface area contributed by atoms with E-state index < -0.39 is 12.2 Å². The Labute approximate surface area is 189 Å². The van der Waals surface area contributed by atoms with E-state index in [1.807, 2.05) is 30.3 Å². The first-order valence-electron chi connectivity index (χ1n) is 11.4. The van der Waals surface area contributed by atoms with Gasteiger partial charge in [-0.25, -0.2) is 0 Å². The summed E-state index contributed by atoms with van der Waals surface area (Å²) in [6.45, 7) is 4.32. The molecule has 0 saturated carbocycles. The molecule has 0 bridgehead atoms. The maximum atomic E-state index is 11.2. The van der Waals surface area contributed by atoms with E-state index in [1.54, 1.807) is 7.11 Å². The molecule has 3 heterocycles. The summed E-state index contributed by atoms with van der Waals surface area (Å²) in [4.78, 5) is 2.31. The molecule has 1 spiro atoms. The predicted octanol–water partition coefficient (Wildman–Crippen LogP) is 3.88. The molecule has 5 rings (SSSR count). The lowest BCUT2D eigenvalue weighted by Gasteiger charge is -2.46. The zero-order chi connectivity index (χ0) is 22.5. The van der Waals surface area contributed by atoms with Crippen LogP contribution in [0.15, 0.2) is 42.5 Å². The Kier molecular flexibility index (Phi) is 5.40. The van der Waals surface area contributed by atoms with Crippen LogP contribution in [0.1, 0.15) is 48.3 Å². The van der Waals surface area contributed by atoms with Crippen LogP contribution in [0, 0.1) is 6.92 Å². The topological polar surface area (TPSA) is 67.1 Å². The van der Waals surface area contributed by atoms with Gasteiger partial charge >= 0.3 is 0 Å². The Hall–Kier alpha value is -2.54. The molecular formula is C26H32N2O4. The third-order valence-electron chi connectivity index (χ3n) is 7.45. The Balaban J connectivity index is 1.29. The average Bonchev–Trinajstić information content (AvgIpc) is 3.05. The van der Waals surface area contributed by atoms with E-state index >= 15 is 0 Å². The summed E-state index contributed by atoms with van der Waals surface area (Å²) in [6, 6.07) is 13.9. The van der Waals surface area contributed by atoms with Gasteiger partial charge in [0.2, 0.25) is 0 Å². The predicted molar refractivity (Wildman–Crippen MR) is 124 cm³/mol. The molecule has 6 heteroatoms. The summed E-state index contributed by atoms with van der Waals surface area (Å²) in [6.07, 6.45) is 1.17. The molecule has 2 atom stereocenters. The molecule has 6 nitrogen and oxygen atoms in total. The van der Waals surface area contributed by atoms with Crippen LogP contribution in [0.5, 0.6) is 11.5 Å². The fraction of sp³-hybridized carbons (Fsp3) is 0.462. The molecule has 170 valence electrons. The van der Waals surface area contributed by atoms with Crippen molar-refractivity contribution in [3.05, 3.63) is 59.3 Å².